The minimum Gasteiger partial charge on any atom is -0.497 e. The van der Waals surface area contributed by atoms with Crippen molar-refractivity contribution in [1.82, 2.24) is 10.0 Å². The Morgan fingerprint density at radius 3 is 2.30 bits per heavy atom. The number of hydrogen-bond acceptors (Lipinski definition) is 3. The van der Waals surface area contributed by atoms with Gasteiger partial charge < -0.3 is 4.74 Å². The van der Waals surface area contributed by atoms with Gasteiger partial charge in [-0.2, -0.15) is 0 Å². The van der Waals surface area contributed by atoms with Gasteiger partial charge in [0.25, 0.3) is 5.91 Å². The van der Waals surface area contributed by atoms with Gasteiger partial charge in [-0.15, -0.1) is 0 Å². The number of benzene rings is 1. The van der Waals surface area contributed by atoms with Gasteiger partial charge >= 0.3 is 0 Å². The van der Waals surface area contributed by atoms with Crippen molar-refractivity contribution < 1.29 is 14.3 Å². The van der Waals surface area contributed by atoms with Crippen LogP contribution in [-0.2, 0) is 15.0 Å². The summed E-state index contributed by atoms with van der Waals surface area (Å²) in [5.41, 5.74) is 0.604. The van der Waals surface area contributed by atoms with E-state index < -0.39 is 5.41 Å². The molecule has 0 N–H and O–H groups in total. The summed E-state index contributed by atoms with van der Waals surface area (Å²) in [4.78, 5) is 25.5. The molecule has 2 amide bonds. The van der Waals surface area contributed by atoms with Crippen molar-refractivity contribution in [1.29, 1.82) is 0 Å². The fraction of sp³-hybridized carbons (Fsp3) is 0.556. The first-order valence-corrected chi connectivity index (χ1v) is 8.43. The summed E-state index contributed by atoms with van der Waals surface area (Å²) >= 11 is 0. The van der Waals surface area contributed by atoms with Crippen molar-refractivity contribution in [3.63, 3.8) is 0 Å². The van der Waals surface area contributed by atoms with Crippen LogP contribution < -0.4 is 4.74 Å². The maximum Gasteiger partial charge on any atom is 0.251 e. The fourth-order valence-electron chi connectivity index (χ4n) is 3.50. The van der Waals surface area contributed by atoms with Crippen LogP contribution in [0.1, 0.15) is 37.7 Å². The van der Waals surface area contributed by atoms with Gasteiger partial charge in [-0.3, -0.25) is 19.6 Å². The molecular weight excluding hydrogens is 292 g/mol. The van der Waals surface area contributed by atoms with Crippen LogP contribution in [0.25, 0.3) is 0 Å². The van der Waals surface area contributed by atoms with E-state index in [4.69, 9.17) is 4.74 Å². The molecule has 4 rings (SSSR count). The monoisotopic (exact) mass is 314 g/mol. The highest BCUT2D eigenvalue weighted by molar-refractivity contribution is 5.93. The van der Waals surface area contributed by atoms with Crippen molar-refractivity contribution in [2.75, 3.05) is 20.2 Å². The zero-order chi connectivity index (χ0) is 16.0. The molecule has 1 aromatic rings. The molecule has 0 radical (unpaired) electrons. The Bertz CT molecular complexity index is 632. The van der Waals surface area contributed by atoms with Crippen molar-refractivity contribution in [3.8, 4) is 5.75 Å². The van der Waals surface area contributed by atoms with Crippen molar-refractivity contribution in [2.24, 2.45) is 5.92 Å². The molecule has 122 valence electrons. The molecule has 1 saturated heterocycles. The molecule has 2 saturated carbocycles. The standard InChI is InChI=1S/C18H22N2O3/c1-23-15-7-5-14(6-8-15)18(9-10-18)17(22)20-12-2-11-19(20)16(21)13-3-4-13/h5-8,13H,2-4,9-12H2,1H3. The summed E-state index contributed by atoms with van der Waals surface area (Å²) in [6, 6.07) is 7.76. The zero-order valence-electron chi connectivity index (χ0n) is 13.5. The van der Waals surface area contributed by atoms with E-state index in [2.05, 4.69) is 0 Å². The van der Waals surface area contributed by atoms with E-state index in [-0.39, 0.29) is 17.7 Å². The third-order valence-electron chi connectivity index (χ3n) is 5.25. The van der Waals surface area contributed by atoms with E-state index in [9.17, 15) is 9.59 Å². The molecule has 0 aromatic heterocycles. The van der Waals surface area contributed by atoms with Crippen molar-refractivity contribution >= 4 is 11.8 Å². The van der Waals surface area contributed by atoms with Gasteiger partial charge in [0, 0.05) is 19.0 Å². The van der Waals surface area contributed by atoms with E-state index in [0.29, 0.717) is 13.1 Å². The highest BCUT2D eigenvalue weighted by Gasteiger charge is 2.55. The number of hydrazine groups is 1. The fourth-order valence-corrected chi connectivity index (χ4v) is 3.50. The molecule has 3 fully saturated rings. The van der Waals surface area contributed by atoms with Crippen LogP contribution in [0.5, 0.6) is 5.75 Å². The van der Waals surface area contributed by atoms with E-state index in [1.54, 1.807) is 17.1 Å². The minimum atomic E-state index is -0.432. The summed E-state index contributed by atoms with van der Waals surface area (Å²) in [6.07, 6.45) is 4.55. The lowest BCUT2D eigenvalue weighted by molar-refractivity contribution is -0.160. The van der Waals surface area contributed by atoms with Crippen LogP contribution >= 0.6 is 0 Å². The van der Waals surface area contributed by atoms with Gasteiger partial charge in [0.2, 0.25) is 5.91 Å². The van der Waals surface area contributed by atoms with Crippen LogP contribution in [0.3, 0.4) is 0 Å². The molecule has 2 aliphatic carbocycles. The van der Waals surface area contributed by atoms with E-state index >= 15 is 0 Å². The molecule has 0 unspecified atom stereocenters. The third kappa shape index (κ3) is 2.38. The summed E-state index contributed by atoms with van der Waals surface area (Å²) < 4.78 is 5.20. The Morgan fingerprint density at radius 2 is 1.74 bits per heavy atom. The largest absolute Gasteiger partial charge is 0.497 e. The summed E-state index contributed by atoms with van der Waals surface area (Å²) in [5, 5.41) is 3.43. The van der Waals surface area contributed by atoms with E-state index in [1.165, 1.54) is 0 Å². The highest BCUT2D eigenvalue weighted by Crippen LogP contribution is 2.50. The molecular formula is C18H22N2O3. The normalized spacial score (nSPS) is 22.1. The number of ether oxygens (including phenoxy) is 1. The van der Waals surface area contributed by atoms with Crippen LogP contribution in [0.15, 0.2) is 24.3 Å². The molecule has 3 aliphatic rings. The third-order valence-corrected chi connectivity index (χ3v) is 5.25. The molecule has 0 bridgehead atoms. The van der Waals surface area contributed by atoms with Crippen LogP contribution in [0.2, 0.25) is 0 Å². The van der Waals surface area contributed by atoms with Gasteiger partial charge in [-0.1, -0.05) is 12.1 Å². The molecule has 0 spiro atoms. The summed E-state index contributed by atoms with van der Waals surface area (Å²) in [6.45, 7) is 1.34. The van der Waals surface area contributed by atoms with Gasteiger partial charge in [-0.05, 0) is 49.8 Å². The lowest BCUT2D eigenvalue weighted by Crippen LogP contribution is -2.49. The van der Waals surface area contributed by atoms with Crippen LogP contribution in [-0.4, -0.2) is 42.0 Å². The number of nitrogens with zero attached hydrogens (tertiary/aromatic N) is 2. The first-order valence-electron chi connectivity index (χ1n) is 8.43. The maximum absolute atomic E-state index is 13.1. The van der Waals surface area contributed by atoms with Gasteiger partial charge in [0.1, 0.15) is 5.75 Å². The Labute approximate surface area is 136 Å². The molecule has 1 aromatic carbocycles. The molecule has 1 heterocycles. The lowest BCUT2D eigenvalue weighted by atomic mass is 9.94. The van der Waals surface area contributed by atoms with Crippen LogP contribution in [0, 0.1) is 5.92 Å². The number of methoxy groups -OCH3 is 1. The van der Waals surface area contributed by atoms with E-state index in [1.807, 2.05) is 24.3 Å². The highest BCUT2D eigenvalue weighted by atomic mass is 16.5. The van der Waals surface area contributed by atoms with Crippen LogP contribution in [0.4, 0.5) is 0 Å². The Morgan fingerprint density at radius 1 is 1.09 bits per heavy atom. The van der Waals surface area contributed by atoms with Crippen molar-refractivity contribution in [3.05, 3.63) is 29.8 Å². The first-order chi connectivity index (χ1) is 11.2. The molecule has 5 nitrogen and oxygen atoms in total. The second-order valence-corrected chi connectivity index (χ2v) is 6.83. The first kappa shape index (κ1) is 14.5. The number of carbonyl (C=O) groups excluding carboxylic acids is 2. The lowest BCUT2D eigenvalue weighted by Gasteiger charge is -2.31. The Balaban J connectivity index is 1.56. The second-order valence-electron chi connectivity index (χ2n) is 6.83. The topological polar surface area (TPSA) is 49.9 Å². The molecule has 0 atom stereocenters. The van der Waals surface area contributed by atoms with Gasteiger partial charge in [0.15, 0.2) is 0 Å². The van der Waals surface area contributed by atoms with Crippen molar-refractivity contribution in [2.45, 2.75) is 37.5 Å². The number of hydrogen-bond donors (Lipinski definition) is 0. The average molecular weight is 314 g/mol. The Kier molecular flexibility index (Phi) is 3.32. The quantitative estimate of drug-likeness (QED) is 0.855. The van der Waals surface area contributed by atoms with Gasteiger partial charge in [-0.25, -0.2) is 0 Å². The second kappa shape index (κ2) is 5.25. The van der Waals surface area contributed by atoms with E-state index in [0.717, 1.165) is 43.4 Å². The predicted molar refractivity (Wildman–Crippen MR) is 84.7 cm³/mol. The smallest absolute Gasteiger partial charge is 0.251 e. The van der Waals surface area contributed by atoms with Gasteiger partial charge in [0.05, 0.1) is 12.5 Å². The minimum absolute atomic E-state index is 0.0918. The maximum atomic E-state index is 13.1. The summed E-state index contributed by atoms with van der Waals surface area (Å²) in [5.74, 6) is 1.18. The molecule has 5 heteroatoms. The number of amides is 2. The molecule has 23 heavy (non-hydrogen) atoms. The Hall–Kier alpha value is -2.04. The number of rotatable bonds is 4. The average Bonchev–Trinajstić information content (AvgIpc) is 3.50. The summed E-state index contributed by atoms with van der Waals surface area (Å²) in [7, 11) is 1.64. The SMILES string of the molecule is COc1ccc(C2(C(=O)N3CCCN3C(=O)C3CC3)CC2)cc1. The number of carbonyl (C=O) groups is 2. The molecule has 1 aliphatic heterocycles. The predicted octanol–water partition coefficient (Wildman–Crippen LogP) is 2.11. The zero-order valence-corrected chi connectivity index (χ0v) is 13.5.